The van der Waals surface area contributed by atoms with Gasteiger partial charge in [-0.25, -0.2) is 14.4 Å². The first-order valence-electron chi connectivity index (χ1n) is 8.95. The van der Waals surface area contributed by atoms with E-state index in [1.54, 1.807) is 36.4 Å². The Labute approximate surface area is 169 Å². The van der Waals surface area contributed by atoms with Gasteiger partial charge in [0.1, 0.15) is 12.4 Å². The van der Waals surface area contributed by atoms with E-state index in [1.165, 1.54) is 28.2 Å². The molecule has 8 heteroatoms. The summed E-state index contributed by atoms with van der Waals surface area (Å²) in [5.74, 6) is -0.635. The molecule has 2 aromatic heterocycles. The van der Waals surface area contributed by atoms with Crippen molar-refractivity contribution in [1.29, 1.82) is 0 Å². The number of hydrogen-bond acceptors (Lipinski definition) is 5. The number of anilines is 1. The SMILES string of the molecule is Cc1nc(NC(=O)Cn2c(=O)cnc3ccccc32)sc1Cc1ccccc1F. The highest BCUT2D eigenvalue weighted by molar-refractivity contribution is 7.15. The van der Waals surface area contributed by atoms with E-state index in [-0.39, 0.29) is 23.8 Å². The van der Waals surface area contributed by atoms with Gasteiger partial charge in [-0.3, -0.25) is 14.2 Å². The van der Waals surface area contributed by atoms with Crippen LogP contribution in [0.3, 0.4) is 0 Å². The third-order valence-electron chi connectivity index (χ3n) is 4.50. The molecule has 0 saturated heterocycles. The minimum atomic E-state index is -0.366. The standard InChI is InChI=1S/C21H17FN4O2S/c1-13-18(10-14-6-2-3-7-15(14)22)29-21(24-13)25-19(27)12-26-17-9-5-4-8-16(17)23-11-20(26)28/h2-9,11H,10,12H2,1H3,(H,24,25,27). The molecule has 0 aliphatic carbocycles. The zero-order valence-electron chi connectivity index (χ0n) is 15.6. The summed E-state index contributed by atoms with van der Waals surface area (Å²) in [5, 5.41) is 3.16. The number of nitrogens with zero attached hydrogens (tertiary/aromatic N) is 3. The maximum atomic E-state index is 13.9. The van der Waals surface area contributed by atoms with E-state index in [0.717, 1.165) is 10.6 Å². The topological polar surface area (TPSA) is 76.9 Å². The molecule has 2 heterocycles. The Kier molecular flexibility index (Phi) is 5.18. The molecule has 0 bridgehead atoms. The van der Waals surface area contributed by atoms with Crippen LogP contribution in [0.1, 0.15) is 16.1 Å². The number of carbonyl (C=O) groups is 1. The Morgan fingerprint density at radius 3 is 2.76 bits per heavy atom. The summed E-state index contributed by atoms with van der Waals surface area (Å²) in [4.78, 5) is 34.0. The Morgan fingerprint density at radius 1 is 1.17 bits per heavy atom. The third-order valence-corrected chi connectivity index (χ3v) is 5.58. The first kappa shape index (κ1) is 18.9. The van der Waals surface area contributed by atoms with E-state index in [1.807, 2.05) is 13.0 Å². The van der Waals surface area contributed by atoms with Crippen LogP contribution in [0.25, 0.3) is 11.0 Å². The lowest BCUT2D eigenvalue weighted by molar-refractivity contribution is -0.116. The van der Waals surface area contributed by atoms with Crippen LogP contribution in [0.15, 0.2) is 59.5 Å². The van der Waals surface area contributed by atoms with Crippen molar-refractivity contribution in [1.82, 2.24) is 14.5 Å². The highest BCUT2D eigenvalue weighted by atomic mass is 32.1. The predicted octanol–water partition coefficient (Wildman–Crippen LogP) is 3.53. The van der Waals surface area contributed by atoms with Gasteiger partial charge in [0.2, 0.25) is 5.91 Å². The molecule has 0 unspecified atom stereocenters. The number of thiazole rings is 1. The lowest BCUT2D eigenvalue weighted by Crippen LogP contribution is -2.27. The number of hydrogen-bond donors (Lipinski definition) is 1. The third kappa shape index (κ3) is 4.07. The normalized spacial score (nSPS) is 11.0. The highest BCUT2D eigenvalue weighted by Crippen LogP contribution is 2.26. The summed E-state index contributed by atoms with van der Waals surface area (Å²) >= 11 is 1.30. The highest BCUT2D eigenvalue weighted by Gasteiger charge is 2.14. The van der Waals surface area contributed by atoms with Gasteiger partial charge in [-0.1, -0.05) is 30.3 Å². The molecule has 0 spiro atoms. The van der Waals surface area contributed by atoms with Gasteiger partial charge in [-0.15, -0.1) is 11.3 Å². The Morgan fingerprint density at radius 2 is 1.93 bits per heavy atom. The molecule has 0 atom stereocenters. The number of amides is 1. The van der Waals surface area contributed by atoms with Crippen molar-refractivity contribution in [3.8, 4) is 0 Å². The summed E-state index contributed by atoms with van der Waals surface area (Å²) in [6.07, 6.45) is 1.61. The van der Waals surface area contributed by atoms with Crippen LogP contribution >= 0.6 is 11.3 Å². The smallest absolute Gasteiger partial charge is 0.269 e. The first-order chi connectivity index (χ1) is 14.0. The number of carbonyl (C=O) groups excluding carboxylic acids is 1. The molecule has 4 rings (SSSR count). The molecule has 0 fully saturated rings. The lowest BCUT2D eigenvalue weighted by atomic mass is 10.1. The van der Waals surface area contributed by atoms with E-state index in [4.69, 9.17) is 0 Å². The van der Waals surface area contributed by atoms with Gasteiger partial charge in [0.05, 0.1) is 22.9 Å². The maximum absolute atomic E-state index is 13.9. The molecule has 0 aliphatic heterocycles. The van der Waals surface area contributed by atoms with E-state index in [0.29, 0.717) is 28.1 Å². The molecule has 4 aromatic rings. The molecule has 6 nitrogen and oxygen atoms in total. The summed E-state index contributed by atoms with van der Waals surface area (Å²) < 4.78 is 15.3. The van der Waals surface area contributed by atoms with Crippen LogP contribution in [0.2, 0.25) is 0 Å². The molecular weight excluding hydrogens is 391 g/mol. The molecule has 1 N–H and O–H groups in total. The first-order valence-corrected chi connectivity index (χ1v) is 9.77. The van der Waals surface area contributed by atoms with Crippen molar-refractivity contribution in [2.45, 2.75) is 19.9 Å². The number of fused-ring (bicyclic) bond motifs is 1. The number of rotatable bonds is 5. The molecule has 0 saturated carbocycles. The van der Waals surface area contributed by atoms with Crippen LogP contribution < -0.4 is 10.9 Å². The van der Waals surface area contributed by atoms with Crippen molar-refractivity contribution >= 4 is 33.4 Å². The monoisotopic (exact) mass is 408 g/mol. The number of aromatic nitrogens is 3. The van der Waals surface area contributed by atoms with Gasteiger partial charge < -0.3 is 5.32 Å². The maximum Gasteiger partial charge on any atom is 0.269 e. The average Bonchev–Trinajstić information content (AvgIpc) is 3.04. The van der Waals surface area contributed by atoms with Crippen molar-refractivity contribution in [3.05, 3.63) is 87.0 Å². The van der Waals surface area contributed by atoms with Crippen LogP contribution in [0.4, 0.5) is 9.52 Å². The average molecular weight is 408 g/mol. The van der Waals surface area contributed by atoms with Gasteiger partial charge >= 0.3 is 0 Å². The minimum absolute atomic E-state index is 0.150. The molecule has 2 aromatic carbocycles. The van der Waals surface area contributed by atoms with Gasteiger partial charge in [0, 0.05) is 11.3 Å². The second kappa shape index (κ2) is 7.92. The van der Waals surface area contributed by atoms with Crippen LogP contribution in [0.5, 0.6) is 0 Å². The van der Waals surface area contributed by atoms with Crippen LogP contribution in [-0.2, 0) is 17.8 Å². The summed E-state index contributed by atoms with van der Waals surface area (Å²) in [5.41, 5.74) is 2.18. The molecule has 1 amide bonds. The van der Waals surface area contributed by atoms with Gasteiger partial charge in [0.25, 0.3) is 5.56 Å². The molecule has 0 aliphatic rings. The van der Waals surface area contributed by atoms with E-state index in [9.17, 15) is 14.0 Å². The number of benzene rings is 2. The minimum Gasteiger partial charge on any atom is -0.300 e. The van der Waals surface area contributed by atoms with Gasteiger partial charge in [-0.05, 0) is 30.7 Å². The second-order valence-corrected chi connectivity index (χ2v) is 7.60. The fraction of sp³-hybridized carbons (Fsp3) is 0.143. The molecule has 29 heavy (non-hydrogen) atoms. The van der Waals surface area contributed by atoms with E-state index >= 15 is 0 Å². The summed E-state index contributed by atoms with van der Waals surface area (Å²) in [7, 11) is 0. The summed E-state index contributed by atoms with van der Waals surface area (Å²) in [6.45, 7) is 1.67. The number of halogens is 1. The quantitative estimate of drug-likeness (QED) is 0.548. The molecule has 146 valence electrons. The largest absolute Gasteiger partial charge is 0.300 e. The fourth-order valence-electron chi connectivity index (χ4n) is 3.04. The van der Waals surface area contributed by atoms with Gasteiger partial charge in [0.15, 0.2) is 5.13 Å². The zero-order chi connectivity index (χ0) is 20.4. The fourth-order valence-corrected chi connectivity index (χ4v) is 4.04. The van der Waals surface area contributed by atoms with Crippen molar-refractivity contribution in [3.63, 3.8) is 0 Å². The lowest BCUT2D eigenvalue weighted by Gasteiger charge is -2.08. The van der Waals surface area contributed by atoms with E-state index < -0.39 is 0 Å². The Bertz CT molecular complexity index is 1270. The van der Waals surface area contributed by atoms with Crippen LogP contribution in [-0.4, -0.2) is 20.4 Å². The predicted molar refractivity (Wildman–Crippen MR) is 111 cm³/mol. The van der Waals surface area contributed by atoms with Crippen LogP contribution in [0, 0.1) is 12.7 Å². The Hall–Kier alpha value is -3.39. The number of para-hydroxylation sites is 2. The van der Waals surface area contributed by atoms with Gasteiger partial charge in [-0.2, -0.15) is 0 Å². The van der Waals surface area contributed by atoms with Crippen molar-refractivity contribution in [2.24, 2.45) is 0 Å². The Balaban J connectivity index is 1.52. The number of nitrogens with one attached hydrogen (secondary N) is 1. The second-order valence-electron chi connectivity index (χ2n) is 6.52. The number of aryl methyl sites for hydroxylation is 1. The summed E-state index contributed by atoms with van der Waals surface area (Å²) in [6, 6.07) is 13.7. The van der Waals surface area contributed by atoms with Crippen molar-refractivity contribution in [2.75, 3.05) is 5.32 Å². The zero-order valence-corrected chi connectivity index (χ0v) is 16.4. The molecular formula is C21H17FN4O2S. The van der Waals surface area contributed by atoms with Crippen molar-refractivity contribution < 1.29 is 9.18 Å². The molecule has 0 radical (unpaired) electrons. The van der Waals surface area contributed by atoms with E-state index in [2.05, 4.69) is 15.3 Å².